The first-order chi connectivity index (χ1) is 9.66. The molecule has 0 aromatic heterocycles. The molecule has 3 N–H and O–H groups in total. The number of aryl methyl sites for hydroxylation is 1. The summed E-state index contributed by atoms with van der Waals surface area (Å²) in [4.78, 5) is 12.0. The van der Waals surface area contributed by atoms with Crippen LogP contribution in [-0.4, -0.2) is 18.5 Å². The Morgan fingerprint density at radius 1 is 1.29 bits per heavy atom. The van der Waals surface area contributed by atoms with Crippen molar-refractivity contribution in [3.8, 4) is 0 Å². The van der Waals surface area contributed by atoms with Gasteiger partial charge in [-0.1, -0.05) is 37.1 Å². The van der Waals surface area contributed by atoms with Gasteiger partial charge in [-0.2, -0.15) is 0 Å². The molecule has 2 unspecified atom stereocenters. The number of rotatable bonds is 5. The summed E-state index contributed by atoms with van der Waals surface area (Å²) in [5.74, 6) is 0.531. The summed E-state index contributed by atoms with van der Waals surface area (Å²) < 4.78 is 0. The second kappa shape index (κ2) is 9.06. The van der Waals surface area contributed by atoms with Gasteiger partial charge in [-0.3, -0.25) is 4.79 Å². The highest BCUT2D eigenvalue weighted by atomic mass is 35.5. The van der Waals surface area contributed by atoms with Gasteiger partial charge in [-0.05, 0) is 43.2 Å². The molecule has 1 fully saturated rings. The van der Waals surface area contributed by atoms with E-state index in [2.05, 4.69) is 24.4 Å². The molecule has 3 nitrogen and oxygen atoms in total. The normalized spacial score (nSPS) is 21.4. The quantitative estimate of drug-likeness (QED) is 0.878. The summed E-state index contributed by atoms with van der Waals surface area (Å²) in [5.41, 5.74) is 8.68. The van der Waals surface area contributed by atoms with E-state index in [1.165, 1.54) is 24.0 Å². The number of hydrogen-bond donors (Lipinski definition) is 2. The van der Waals surface area contributed by atoms with Crippen molar-refractivity contribution in [3.63, 3.8) is 0 Å². The first-order valence-corrected chi connectivity index (χ1v) is 7.73. The number of nitrogens with two attached hydrogens (primary N) is 1. The van der Waals surface area contributed by atoms with E-state index in [9.17, 15) is 4.79 Å². The summed E-state index contributed by atoms with van der Waals surface area (Å²) in [6.45, 7) is 2.82. The van der Waals surface area contributed by atoms with E-state index in [1.54, 1.807) is 0 Å². The summed E-state index contributed by atoms with van der Waals surface area (Å²) >= 11 is 0. The number of hydrogen-bond acceptors (Lipinski definition) is 2. The van der Waals surface area contributed by atoms with Crippen LogP contribution in [0.3, 0.4) is 0 Å². The molecule has 0 aliphatic heterocycles. The number of halogens is 1. The van der Waals surface area contributed by atoms with Gasteiger partial charge in [0, 0.05) is 19.0 Å². The molecular weight excluding hydrogens is 284 g/mol. The van der Waals surface area contributed by atoms with Crippen LogP contribution < -0.4 is 11.1 Å². The van der Waals surface area contributed by atoms with Crippen molar-refractivity contribution in [1.29, 1.82) is 0 Å². The molecule has 1 aromatic carbocycles. The first-order valence-electron chi connectivity index (χ1n) is 7.73. The fourth-order valence-electron chi connectivity index (χ4n) is 3.03. The third-order valence-electron chi connectivity index (χ3n) is 4.39. The smallest absolute Gasteiger partial charge is 0.220 e. The molecule has 0 radical (unpaired) electrons. The zero-order valence-electron chi connectivity index (χ0n) is 12.8. The number of benzene rings is 1. The van der Waals surface area contributed by atoms with Crippen LogP contribution >= 0.6 is 12.4 Å². The molecule has 0 spiro atoms. The van der Waals surface area contributed by atoms with Crippen LogP contribution in [0.4, 0.5) is 0 Å². The Bertz CT molecular complexity index is 450. The maximum absolute atomic E-state index is 12.0. The van der Waals surface area contributed by atoms with Crippen LogP contribution in [0.15, 0.2) is 24.3 Å². The lowest BCUT2D eigenvalue weighted by molar-refractivity contribution is -0.122. The van der Waals surface area contributed by atoms with Gasteiger partial charge < -0.3 is 11.1 Å². The van der Waals surface area contributed by atoms with Crippen LogP contribution in [0.1, 0.15) is 43.2 Å². The highest BCUT2D eigenvalue weighted by Crippen LogP contribution is 2.25. The predicted molar refractivity (Wildman–Crippen MR) is 89.7 cm³/mol. The van der Waals surface area contributed by atoms with Crippen molar-refractivity contribution in [2.45, 2.75) is 51.5 Å². The number of carbonyl (C=O) groups excluding carboxylic acids is 1. The molecule has 118 valence electrons. The van der Waals surface area contributed by atoms with Gasteiger partial charge in [-0.25, -0.2) is 0 Å². The van der Waals surface area contributed by atoms with Gasteiger partial charge in [0.15, 0.2) is 0 Å². The van der Waals surface area contributed by atoms with Gasteiger partial charge in [0.1, 0.15) is 0 Å². The van der Waals surface area contributed by atoms with Crippen molar-refractivity contribution in [2.24, 2.45) is 11.7 Å². The zero-order chi connectivity index (χ0) is 14.4. The van der Waals surface area contributed by atoms with Crippen molar-refractivity contribution in [2.75, 3.05) is 6.54 Å². The van der Waals surface area contributed by atoms with E-state index >= 15 is 0 Å². The Morgan fingerprint density at radius 3 is 2.71 bits per heavy atom. The third kappa shape index (κ3) is 5.68. The summed E-state index contributed by atoms with van der Waals surface area (Å²) in [6.07, 6.45) is 6.10. The Balaban J connectivity index is 0.00000220. The average molecular weight is 311 g/mol. The molecule has 0 heterocycles. The molecule has 2 atom stereocenters. The molecule has 1 amide bonds. The fraction of sp³-hybridized carbons (Fsp3) is 0.588. The van der Waals surface area contributed by atoms with Crippen LogP contribution in [0, 0.1) is 12.8 Å². The molecule has 2 rings (SSSR count). The molecule has 0 bridgehead atoms. The summed E-state index contributed by atoms with van der Waals surface area (Å²) in [6, 6.07) is 8.54. The van der Waals surface area contributed by atoms with Gasteiger partial charge in [-0.15, -0.1) is 12.4 Å². The van der Waals surface area contributed by atoms with Gasteiger partial charge in [0.25, 0.3) is 0 Å². The Labute approximate surface area is 134 Å². The lowest BCUT2D eigenvalue weighted by Gasteiger charge is -2.27. The monoisotopic (exact) mass is 310 g/mol. The Kier molecular flexibility index (Phi) is 7.76. The van der Waals surface area contributed by atoms with Crippen molar-refractivity contribution >= 4 is 18.3 Å². The molecule has 1 saturated carbocycles. The van der Waals surface area contributed by atoms with Crippen molar-refractivity contribution in [1.82, 2.24) is 5.32 Å². The zero-order valence-corrected chi connectivity index (χ0v) is 13.6. The Hall–Kier alpha value is -1.06. The largest absolute Gasteiger partial charge is 0.356 e. The van der Waals surface area contributed by atoms with Crippen molar-refractivity contribution in [3.05, 3.63) is 35.4 Å². The molecular formula is C17H27ClN2O. The highest BCUT2D eigenvalue weighted by Gasteiger charge is 2.23. The molecule has 1 aliphatic rings. The summed E-state index contributed by atoms with van der Waals surface area (Å²) in [7, 11) is 0. The topological polar surface area (TPSA) is 55.1 Å². The van der Waals surface area contributed by atoms with E-state index in [4.69, 9.17) is 5.73 Å². The van der Waals surface area contributed by atoms with Crippen LogP contribution in [0.2, 0.25) is 0 Å². The third-order valence-corrected chi connectivity index (χ3v) is 4.39. The number of carbonyl (C=O) groups is 1. The van der Waals surface area contributed by atoms with Crippen LogP contribution in [0.5, 0.6) is 0 Å². The lowest BCUT2D eigenvalue weighted by Crippen LogP contribution is -2.37. The fourth-order valence-corrected chi connectivity index (χ4v) is 3.03. The maximum Gasteiger partial charge on any atom is 0.220 e. The summed E-state index contributed by atoms with van der Waals surface area (Å²) in [5, 5.41) is 3.03. The standard InChI is InChI=1S/C17H26N2O.ClH/c1-13-6-2-3-7-14(13)10-11-19-17(20)12-15-8-4-5-9-16(15)18;/h2-3,6-7,15-16H,4-5,8-12,18H2,1H3,(H,19,20);1H. The van der Waals surface area contributed by atoms with Gasteiger partial charge in [0.2, 0.25) is 5.91 Å². The predicted octanol–water partition coefficient (Wildman–Crippen LogP) is 2.98. The SMILES string of the molecule is Cc1ccccc1CCNC(=O)CC1CCCCC1N.Cl. The van der Waals surface area contributed by atoms with E-state index in [-0.39, 0.29) is 24.4 Å². The van der Waals surface area contributed by atoms with Gasteiger partial charge in [0.05, 0.1) is 0 Å². The second-order valence-corrected chi connectivity index (χ2v) is 5.94. The second-order valence-electron chi connectivity index (χ2n) is 5.94. The minimum atomic E-state index is 0. The van der Waals surface area contributed by atoms with E-state index in [0.29, 0.717) is 18.9 Å². The van der Waals surface area contributed by atoms with E-state index < -0.39 is 0 Å². The Morgan fingerprint density at radius 2 is 2.00 bits per heavy atom. The average Bonchev–Trinajstić information content (AvgIpc) is 2.43. The van der Waals surface area contributed by atoms with E-state index in [1.807, 2.05) is 12.1 Å². The van der Waals surface area contributed by atoms with Crippen LogP contribution in [-0.2, 0) is 11.2 Å². The molecule has 1 aromatic rings. The van der Waals surface area contributed by atoms with Crippen molar-refractivity contribution < 1.29 is 4.79 Å². The molecule has 21 heavy (non-hydrogen) atoms. The molecule has 4 heteroatoms. The highest BCUT2D eigenvalue weighted by molar-refractivity contribution is 5.85. The first kappa shape index (κ1) is 18.0. The minimum Gasteiger partial charge on any atom is -0.356 e. The number of nitrogens with one attached hydrogen (secondary N) is 1. The maximum atomic E-state index is 12.0. The van der Waals surface area contributed by atoms with Crippen LogP contribution in [0.25, 0.3) is 0 Å². The molecule has 1 aliphatic carbocycles. The number of amides is 1. The van der Waals surface area contributed by atoms with Gasteiger partial charge >= 0.3 is 0 Å². The molecule has 0 saturated heterocycles. The lowest BCUT2D eigenvalue weighted by atomic mass is 9.83. The van der Waals surface area contributed by atoms with E-state index in [0.717, 1.165) is 19.3 Å². The minimum absolute atomic E-state index is 0.